The number of aromatic nitrogens is 3. The van der Waals surface area contributed by atoms with Crippen molar-refractivity contribution in [3.05, 3.63) is 83.3 Å². The number of nitrogens with zero attached hydrogens (tertiary/aromatic N) is 3. The molecule has 3 heterocycles. The fourth-order valence-electron chi connectivity index (χ4n) is 4.44. The fourth-order valence-corrected chi connectivity index (χ4v) is 4.44. The lowest BCUT2D eigenvalue weighted by molar-refractivity contribution is 0.172. The molecule has 0 saturated carbocycles. The predicted octanol–water partition coefficient (Wildman–Crippen LogP) is 5.78. The van der Waals surface area contributed by atoms with Crippen LogP contribution in [0.3, 0.4) is 0 Å². The lowest BCUT2D eigenvalue weighted by Crippen LogP contribution is -2.15. The second kappa shape index (κ2) is 7.59. The molecule has 6 heteroatoms. The van der Waals surface area contributed by atoms with E-state index < -0.39 is 0 Å². The Morgan fingerprint density at radius 3 is 2.45 bits per heavy atom. The Kier molecular flexibility index (Phi) is 4.54. The molecule has 0 saturated heterocycles. The van der Waals surface area contributed by atoms with Gasteiger partial charge in [-0.25, -0.2) is 4.39 Å². The highest BCUT2D eigenvalue weighted by molar-refractivity contribution is 5.99. The van der Waals surface area contributed by atoms with E-state index in [-0.39, 0.29) is 5.82 Å². The molecular weight excluding hydrogens is 417 g/mol. The topological polar surface area (TPSA) is 49.2 Å². The van der Waals surface area contributed by atoms with Crippen molar-refractivity contribution in [2.75, 3.05) is 13.2 Å². The molecule has 0 atom stereocenters. The minimum absolute atomic E-state index is 0.250. The van der Waals surface area contributed by atoms with E-state index in [0.717, 1.165) is 39.0 Å². The summed E-state index contributed by atoms with van der Waals surface area (Å²) < 4.78 is 27.7. The van der Waals surface area contributed by atoms with E-state index in [0.29, 0.717) is 31.3 Å². The highest BCUT2D eigenvalue weighted by Gasteiger charge is 2.23. The van der Waals surface area contributed by atoms with Crippen molar-refractivity contribution in [2.45, 2.75) is 20.4 Å². The van der Waals surface area contributed by atoms with Gasteiger partial charge in [-0.3, -0.25) is 0 Å². The Balaban J connectivity index is 1.60. The van der Waals surface area contributed by atoms with Crippen molar-refractivity contribution in [3.8, 4) is 34.0 Å². The Morgan fingerprint density at radius 1 is 0.879 bits per heavy atom. The number of halogens is 1. The van der Waals surface area contributed by atoms with E-state index in [1.54, 1.807) is 12.1 Å². The molecule has 3 aliphatic rings. The molecule has 33 heavy (non-hydrogen) atoms. The number of fused-ring (bicyclic) bond motifs is 4. The number of benzene rings is 3. The maximum Gasteiger partial charge on any atom is 0.163 e. The van der Waals surface area contributed by atoms with E-state index in [1.165, 1.54) is 17.2 Å². The summed E-state index contributed by atoms with van der Waals surface area (Å²) in [5.41, 5.74) is 7.85. The molecule has 0 unspecified atom stereocenters. The van der Waals surface area contributed by atoms with Crippen molar-refractivity contribution < 1.29 is 13.9 Å². The van der Waals surface area contributed by atoms with Gasteiger partial charge in [0.05, 0.1) is 5.52 Å². The van der Waals surface area contributed by atoms with Crippen LogP contribution in [0.25, 0.3) is 33.4 Å². The summed E-state index contributed by atoms with van der Waals surface area (Å²) in [6.45, 7) is 5.72. The third kappa shape index (κ3) is 3.39. The number of rotatable bonds is 3. The summed E-state index contributed by atoms with van der Waals surface area (Å²) in [6.07, 6.45) is 2.06. The van der Waals surface area contributed by atoms with Gasteiger partial charge in [0.25, 0.3) is 0 Å². The average Bonchev–Trinajstić information content (AvgIpc) is 3.24. The van der Waals surface area contributed by atoms with E-state index in [1.807, 2.05) is 18.2 Å². The maximum atomic E-state index is 13.9. The molecule has 0 aliphatic carbocycles. The molecule has 6 rings (SSSR count). The minimum atomic E-state index is -0.250. The maximum absolute atomic E-state index is 13.9. The van der Waals surface area contributed by atoms with Gasteiger partial charge in [-0.05, 0) is 54.8 Å². The van der Waals surface area contributed by atoms with Gasteiger partial charge < -0.3 is 14.0 Å². The Hall–Kier alpha value is -3.93. The van der Waals surface area contributed by atoms with Crippen molar-refractivity contribution in [1.29, 1.82) is 0 Å². The zero-order chi connectivity index (χ0) is 22.5. The smallest absolute Gasteiger partial charge is 0.163 e. The van der Waals surface area contributed by atoms with Gasteiger partial charge in [0.15, 0.2) is 11.5 Å². The summed E-state index contributed by atoms with van der Waals surface area (Å²) in [4.78, 5) is 0. The first-order valence-corrected chi connectivity index (χ1v) is 11.0. The van der Waals surface area contributed by atoms with Crippen molar-refractivity contribution in [3.63, 3.8) is 0 Å². The number of pyridine rings is 1. The van der Waals surface area contributed by atoms with Crippen LogP contribution in [-0.2, 0) is 6.54 Å². The lowest BCUT2D eigenvalue weighted by Gasteiger charge is -2.21. The average molecular weight is 439 g/mol. The monoisotopic (exact) mass is 439 g/mol. The molecule has 0 N–H and O–H groups in total. The van der Waals surface area contributed by atoms with Gasteiger partial charge in [0, 0.05) is 35.3 Å². The predicted molar refractivity (Wildman–Crippen MR) is 126 cm³/mol. The zero-order valence-electron chi connectivity index (χ0n) is 18.4. The molecule has 5 nitrogen and oxygen atoms in total. The Morgan fingerprint density at radius 2 is 1.67 bits per heavy atom. The molecule has 3 aromatic carbocycles. The van der Waals surface area contributed by atoms with E-state index in [4.69, 9.17) is 9.47 Å². The van der Waals surface area contributed by atoms with Crippen LogP contribution in [0, 0.1) is 19.7 Å². The quantitative estimate of drug-likeness (QED) is 0.358. The summed E-state index contributed by atoms with van der Waals surface area (Å²) in [7, 11) is 0. The van der Waals surface area contributed by atoms with Gasteiger partial charge in [-0.15, -0.1) is 10.2 Å². The molecular formula is C27H22FN3O2. The van der Waals surface area contributed by atoms with Crippen molar-refractivity contribution in [2.24, 2.45) is 0 Å². The van der Waals surface area contributed by atoms with Crippen LogP contribution in [0.2, 0.25) is 0 Å². The summed E-state index contributed by atoms with van der Waals surface area (Å²) in [5.74, 6) is 1.16. The molecule has 0 spiro atoms. The van der Waals surface area contributed by atoms with Crippen LogP contribution < -0.4 is 9.47 Å². The normalized spacial score (nSPS) is 13.1. The van der Waals surface area contributed by atoms with E-state index in [2.05, 4.69) is 53.0 Å². The van der Waals surface area contributed by atoms with Gasteiger partial charge in [-0.2, -0.15) is 0 Å². The first kappa shape index (κ1) is 19.7. The molecule has 164 valence electrons. The lowest BCUT2D eigenvalue weighted by atomic mass is 9.98. The third-order valence-electron chi connectivity index (χ3n) is 6.29. The molecule has 0 bridgehead atoms. The van der Waals surface area contributed by atoms with Crippen LogP contribution >= 0.6 is 0 Å². The summed E-state index contributed by atoms with van der Waals surface area (Å²) in [5, 5.41) is 10.1. The molecule has 0 fully saturated rings. The van der Waals surface area contributed by atoms with Crippen LogP contribution in [0.5, 0.6) is 11.5 Å². The highest BCUT2D eigenvalue weighted by atomic mass is 19.1. The number of hydrogen-bond donors (Lipinski definition) is 0. The van der Waals surface area contributed by atoms with Crippen LogP contribution in [0.4, 0.5) is 4.39 Å². The molecule has 3 aromatic rings. The minimum Gasteiger partial charge on any atom is -0.486 e. The van der Waals surface area contributed by atoms with Gasteiger partial charge in [0.1, 0.15) is 30.4 Å². The number of hydrogen-bond acceptors (Lipinski definition) is 4. The first-order chi connectivity index (χ1) is 16.1. The van der Waals surface area contributed by atoms with Crippen LogP contribution in [-0.4, -0.2) is 28.0 Å². The molecule has 0 radical (unpaired) electrons. The zero-order valence-corrected chi connectivity index (χ0v) is 18.4. The molecule has 0 aromatic heterocycles. The molecule has 0 amide bonds. The second-order valence-electron chi connectivity index (χ2n) is 8.51. The SMILES string of the molecule is Cc1ccc(-c2nnc3c4cc5c(cc4n(Cc4cccc(F)c4)cc2-3)OCCO5)cc1C. The Bertz CT molecular complexity index is 1490. The fraction of sp³-hybridized carbons (Fsp3) is 0.185. The third-order valence-corrected chi connectivity index (χ3v) is 6.29. The number of ether oxygens (including phenoxy) is 2. The van der Waals surface area contributed by atoms with Gasteiger partial charge in [0.2, 0.25) is 0 Å². The number of aryl methyl sites for hydroxylation is 2. The van der Waals surface area contributed by atoms with Gasteiger partial charge in [-0.1, -0.05) is 24.3 Å². The highest BCUT2D eigenvalue weighted by Crippen LogP contribution is 2.42. The summed E-state index contributed by atoms with van der Waals surface area (Å²) >= 11 is 0. The van der Waals surface area contributed by atoms with Crippen molar-refractivity contribution in [1.82, 2.24) is 14.8 Å². The van der Waals surface area contributed by atoms with Crippen LogP contribution in [0.1, 0.15) is 16.7 Å². The second-order valence-corrected chi connectivity index (χ2v) is 8.51. The Labute approximate surface area is 190 Å². The first-order valence-electron chi connectivity index (χ1n) is 11.0. The standard InChI is InChI=1S/C27H22FN3O2/c1-16-6-7-19(10-17(16)2)26-22-15-31(14-18-4-3-5-20(28)11-18)23-13-25-24(32-8-9-33-25)12-21(23)27(22)30-29-26/h3-7,10-13,15H,8-9,14H2,1-2H3. The van der Waals surface area contributed by atoms with Crippen molar-refractivity contribution >= 4 is 10.9 Å². The van der Waals surface area contributed by atoms with Crippen LogP contribution in [0.15, 0.2) is 60.8 Å². The van der Waals surface area contributed by atoms with E-state index >= 15 is 0 Å². The largest absolute Gasteiger partial charge is 0.486 e. The molecule has 3 aliphatic heterocycles. The van der Waals surface area contributed by atoms with E-state index in [9.17, 15) is 4.39 Å². The summed E-state index contributed by atoms with van der Waals surface area (Å²) in [6, 6.07) is 17.0. The van der Waals surface area contributed by atoms with Gasteiger partial charge >= 0.3 is 0 Å².